The van der Waals surface area contributed by atoms with Crippen LogP contribution in [0.1, 0.15) is 50.8 Å². The molecule has 2 aromatic carbocycles. The number of rotatable bonds is 6. The zero-order valence-corrected chi connectivity index (χ0v) is 24.4. The Kier molecular flexibility index (Phi) is 7.21. The number of aromatic hydroxyl groups is 1. The third-order valence-electron chi connectivity index (χ3n) is 9.07. The number of benzene rings is 2. The number of amides is 1. The Morgan fingerprint density at radius 1 is 1.10 bits per heavy atom. The number of Topliss-reactive ketones (excluding diaryl/α,β-unsaturated/α-hetero) is 2. The summed E-state index contributed by atoms with van der Waals surface area (Å²) in [7, 11) is 1.62. The number of methoxy groups -OCH3 is 1. The van der Waals surface area contributed by atoms with Gasteiger partial charge in [-0.2, -0.15) is 0 Å². The molecule has 1 fully saturated rings. The molecule has 3 aliphatic rings. The van der Waals surface area contributed by atoms with Gasteiger partial charge in [-0.1, -0.05) is 39.8 Å². The SMILES string of the molecule is COc1ccc(-c2ccc(O)c3c2C[C@H]2C[C@H]4[C@H](C(C)C)C(=O)C(C(N)=O)=C(O)[C@@]4(O)C(=O)C2=C3O)cc1CC(C)C. The van der Waals surface area contributed by atoms with E-state index in [-0.39, 0.29) is 29.7 Å². The molecule has 9 nitrogen and oxygen atoms in total. The Balaban J connectivity index is 1.71. The molecule has 4 atom stereocenters. The number of ketones is 2. The van der Waals surface area contributed by atoms with Crippen LogP contribution in [0.5, 0.6) is 11.5 Å². The van der Waals surface area contributed by atoms with E-state index in [1.165, 1.54) is 6.07 Å². The molecule has 1 amide bonds. The van der Waals surface area contributed by atoms with Gasteiger partial charge in [-0.25, -0.2) is 0 Å². The van der Waals surface area contributed by atoms with Gasteiger partial charge in [-0.05, 0) is 77.5 Å². The van der Waals surface area contributed by atoms with Crippen molar-refractivity contribution in [1.29, 1.82) is 0 Å². The molecule has 42 heavy (non-hydrogen) atoms. The molecule has 6 N–H and O–H groups in total. The Morgan fingerprint density at radius 2 is 1.79 bits per heavy atom. The van der Waals surface area contributed by atoms with E-state index < -0.39 is 63.8 Å². The fourth-order valence-corrected chi connectivity index (χ4v) is 7.30. The summed E-state index contributed by atoms with van der Waals surface area (Å²) in [6, 6.07) is 9.02. The molecule has 0 heterocycles. The van der Waals surface area contributed by atoms with Crippen LogP contribution in [-0.2, 0) is 27.2 Å². The van der Waals surface area contributed by atoms with Crippen LogP contribution in [0.2, 0.25) is 0 Å². The lowest BCUT2D eigenvalue weighted by molar-refractivity contribution is -0.155. The van der Waals surface area contributed by atoms with Crippen molar-refractivity contribution in [2.24, 2.45) is 35.3 Å². The number of ether oxygens (including phenoxy) is 1. The number of hydrogen-bond acceptors (Lipinski definition) is 8. The van der Waals surface area contributed by atoms with Gasteiger partial charge in [0.25, 0.3) is 5.91 Å². The van der Waals surface area contributed by atoms with E-state index in [0.29, 0.717) is 11.5 Å². The largest absolute Gasteiger partial charge is 0.508 e. The van der Waals surface area contributed by atoms with Gasteiger partial charge in [0, 0.05) is 17.4 Å². The molecule has 5 rings (SSSR count). The van der Waals surface area contributed by atoms with E-state index in [1.54, 1.807) is 27.0 Å². The van der Waals surface area contributed by atoms with Crippen LogP contribution in [-0.4, -0.2) is 50.6 Å². The molecular formula is C33H37NO8. The number of primary amides is 1. The van der Waals surface area contributed by atoms with Crippen LogP contribution in [0.3, 0.4) is 0 Å². The molecule has 0 bridgehead atoms. The maximum Gasteiger partial charge on any atom is 0.255 e. The van der Waals surface area contributed by atoms with Crippen molar-refractivity contribution >= 4 is 23.2 Å². The van der Waals surface area contributed by atoms with Gasteiger partial charge < -0.3 is 30.9 Å². The molecule has 1 saturated carbocycles. The Hall–Kier alpha value is -4.11. The van der Waals surface area contributed by atoms with Crippen molar-refractivity contribution in [3.63, 3.8) is 0 Å². The second-order valence-electron chi connectivity index (χ2n) is 12.4. The summed E-state index contributed by atoms with van der Waals surface area (Å²) in [6.07, 6.45) is 1.08. The Bertz CT molecular complexity index is 1580. The van der Waals surface area contributed by atoms with E-state index in [4.69, 9.17) is 10.5 Å². The van der Waals surface area contributed by atoms with Gasteiger partial charge in [-0.15, -0.1) is 0 Å². The van der Waals surface area contributed by atoms with Gasteiger partial charge in [0.2, 0.25) is 5.78 Å². The fourth-order valence-electron chi connectivity index (χ4n) is 7.30. The minimum absolute atomic E-state index is 0.0706. The second-order valence-corrected chi connectivity index (χ2v) is 12.4. The Labute approximate surface area is 244 Å². The van der Waals surface area contributed by atoms with E-state index in [9.17, 15) is 34.8 Å². The first-order chi connectivity index (χ1) is 19.7. The maximum absolute atomic E-state index is 14.1. The van der Waals surface area contributed by atoms with Gasteiger partial charge in [0.05, 0.1) is 12.7 Å². The van der Waals surface area contributed by atoms with Crippen molar-refractivity contribution in [2.45, 2.75) is 52.6 Å². The number of phenols is 1. The number of aliphatic hydroxyl groups is 3. The number of carbonyl (C=O) groups is 3. The van der Waals surface area contributed by atoms with Crippen LogP contribution in [0.15, 0.2) is 47.2 Å². The molecule has 9 heteroatoms. The fraction of sp³-hybridized carbons (Fsp3) is 0.424. The first-order valence-electron chi connectivity index (χ1n) is 14.2. The lowest BCUT2D eigenvalue weighted by atomic mass is 9.54. The summed E-state index contributed by atoms with van der Waals surface area (Å²) in [6.45, 7) is 7.70. The minimum atomic E-state index is -2.63. The highest BCUT2D eigenvalue weighted by Crippen LogP contribution is 2.55. The molecule has 0 radical (unpaired) electrons. The van der Waals surface area contributed by atoms with E-state index in [1.807, 2.05) is 18.2 Å². The average Bonchev–Trinajstić information content (AvgIpc) is 2.90. The molecule has 222 valence electrons. The maximum atomic E-state index is 14.1. The summed E-state index contributed by atoms with van der Waals surface area (Å²) in [4.78, 5) is 39.6. The number of aliphatic hydroxyl groups excluding tert-OH is 2. The molecule has 0 spiro atoms. The molecule has 0 unspecified atom stereocenters. The first kappa shape index (κ1) is 29.4. The summed E-state index contributed by atoms with van der Waals surface area (Å²) in [5.74, 6) is -6.68. The molecule has 2 aromatic rings. The van der Waals surface area contributed by atoms with Crippen molar-refractivity contribution < 1.29 is 39.5 Å². The van der Waals surface area contributed by atoms with E-state index in [0.717, 1.165) is 28.9 Å². The van der Waals surface area contributed by atoms with Crippen LogP contribution >= 0.6 is 0 Å². The molecule has 0 saturated heterocycles. The average molecular weight is 576 g/mol. The zero-order chi connectivity index (χ0) is 30.8. The highest BCUT2D eigenvalue weighted by molar-refractivity contribution is 6.23. The normalized spacial score (nSPS) is 25.5. The third kappa shape index (κ3) is 4.21. The number of fused-ring (bicyclic) bond motifs is 3. The molecule has 0 aliphatic heterocycles. The predicted octanol–water partition coefficient (Wildman–Crippen LogP) is 4.18. The zero-order valence-electron chi connectivity index (χ0n) is 24.4. The van der Waals surface area contributed by atoms with Crippen LogP contribution in [0.25, 0.3) is 16.9 Å². The topological polar surface area (TPSA) is 167 Å². The summed E-state index contributed by atoms with van der Waals surface area (Å²) >= 11 is 0. The summed E-state index contributed by atoms with van der Waals surface area (Å²) in [5.41, 5.74) is 5.13. The van der Waals surface area contributed by atoms with Gasteiger partial charge in [-0.3, -0.25) is 14.4 Å². The minimum Gasteiger partial charge on any atom is -0.508 e. The number of hydrogen-bond donors (Lipinski definition) is 5. The molecular weight excluding hydrogens is 538 g/mol. The summed E-state index contributed by atoms with van der Waals surface area (Å²) < 4.78 is 5.57. The van der Waals surface area contributed by atoms with Crippen LogP contribution in [0, 0.1) is 29.6 Å². The third-order valence-corrected chi connectivity index (χ3v) is 9.07. The number of carbonyl (C=O) groups excluding carboxylic acids is 3. The van der Waals surface area contributed by atoms with Crippen molar-refractivity contribution in [2.75, 3.05) is 7.11 Å². The quantitative estimate of drug-likeness (QED) is 0.320. The number of phenolic OH excluding ortho intramolecular Hbond substituents is 1. The smallest absolute Gasteiger partial charge is 0.255 e. The predicted molar refractivity (Wildman–Crippen MR) is 156 cm³/mol. The highest BCUT2D eigenvalue weighted by atomic mass is 16.5. The lowest BCUT2D eigenvalue weighted by Gasteiger charge is -2.50. The molecule has 0 aromatic heterocycles. The lowest BCUT2D eigenvalue weighted by Crippen LogP contribution is -2.62. The van der Waals surface area contributed by atoms with Crippen LogP contribution in [0.4, 0.5) is 0 Å². The standard InChI is InChI=1S/C33H37NO8/c1-14(2)10-17-11-16(6-9-23(17)42-5)19-7-8-22(35)26-20(19)12-18-13-21-24(15(3)4)28(36)27(32(34)40)31(39)33(21,41)30(38)25(18)29(26)37/h6-9,11,14-15,18,21,24,35,37,39,41H,10,12-13H2,1-5H3,(H2,34,40)/t18-,21-,24-,33-/m0/s1. The second kappa shape index (κ2) is 10.3. The molecule has 3 aliphatic carbocycles. The first-order valence-corrected chi connectivity index (χ1v) is 14.2. The van der Waals surface area contributed by atoms with Gasteiger partial charge in [0.15, 0.2) is 11.4 Å². The van der Waals surface area contributed by atoms with Gasteiger partial charge >= 0.3 is 0 Å². The highest BCUT2D eigenvalue weighted by Gasteiger charge is 2.64. The van der Waals surface area contributed by atoms with E-state index in [2.05, 4.69) is 13.8 Å². The Morgan fingerprint density at radius 3 is 2.38 bits per heavy atom. The van der Waals surface area contributed by atoms with Crippen molar-refractivity contribution in [1.82, 2.24) is 0 Å². The van der Waals surface area contributed by atoms with E-state index >= 15 is 0 Å². The number of nitrogens with two attached hydrogens (primary N) is 1. The summed E-state index contributed by atoms with van der Waals surface area (Å²) in [5, 5.41) is 45.2. The van der Waals surface area contributed by atoms with Crippen molar-refractivity contribution in [3.8, 4) is 22.6 Å². The van der Waals surface area contributed by atoms with Crippen molar-refractivity contribution in [3.05, 3.63) is 63.9 Å². The van der Waals surface area contributed by atoms with Gasteiger partial charge in [0.1, 0.15) is 28.6 Å². The monoisotopic (exact) mass is 575 g/mol. The van der Waals surface area contributed by atoms with Crippen LogP contribution < -0.4 is 10.5 Å².